The third kappa shape index (κ3) is 3.67. The number of likely N-dealkylation sites (tertiary alicyclic amines) is 1. The van der Waals surface area contributed by atoms with E-state index in [1.165, 1.54) is 18.9 Å². The maximum atomic E-state index is 11.1. The van der Waals surface area contributed by atoms with Crippen LogP contribution in [0.4, 0.5) is 0 Å². The summed E-state index contributed by atoms with van der Waals surface area (Å²) in [5, 5.41) is 0. The Morgan fingerprint density at radius 2 is 2.27 bits per heavy atom. The minimum absolute atomic E-state index is 0.241. The minimum atomic E-state index is -0.241. The molecule has 1 rings (SSSR count). The quantitative estimate of drug-likeness (QED) is 0.526. The molecule has 0 atom stereocenters. The Morgan fingerprint density at radius 1 is 1.53 bits per heavy atom. The maximum Gasteiger partial charge on any atom is 0.330 e. The molecule has 0 unspecified atom stereocenters. The predicted octanol–water partition coefficient (Wildman–Crippen LogP) is 1.98. The van der Waals surface area contributed by atoms with Crippen molar-refractivity contribution in [3.05, 3.63) is 12.2 Å². The lowest BCUT2D eigenvalue weighted by molar-refractivity contribution is -0.137. The molecule has 1 fully saturated rings. The van der Waals surface area contributed by atoms with E-state index in [4.69, 9.17) is 4.74 Å². The molecule has 0 saturated carbocycles. The van der Waals surface area contributed by atoms with Crippen LogP contribution in [0.1, 0.15) is 33.6 Å². The molecule has 1 aliphatic heterocycles. The van der Waals surface area contributed by atoms with Crippen molar-refractivity contribution in [1.29, 1.82) is 0 Å². The monoisotopic (exact) mass is 211 g/mol. The van der Waals surface area contributed by atoms with Crippen LogP contribution in [-0.2, 0) is 9.53 Å². The Labute approximate surface area is 92.1 Å². The third-order valence-corrected chi connectivity index (χ3v) is 2.94. The van der Waals surface area contributed by atoms with Gasteiger partial charge in [-0.1, -0.05) is 6.08 Å². The van der Waals surface area contributed by atoms with Crippen LogP contribution in [0.5, 0.6) is 0 Å². The van der Waals surface area contributed by atoms with Crippen molar-refractivity contribution in [3.8, 4) is 0 Å². The first-order valence-corrected chi connectivity index (χ1v) is 5.64. The number of carbonyl (C=O) groups excluding carboxylic acids is 1. The molecule has 15 heavy (non-hydrogen) atoms. The van der Waals surface area contributed by atoms with Crippen molar-refractivity contribution < 1.29 is 9.53 Å². The van der Waals surface area contributed by atoms with Gasteiger partial charge in [0.2, 0.25) is 0 Å². The molecular weight excluding hydrogens is 190 g/mol. The molecule has 1 saturated heterocycles. The Morgan fingerprint density at radius 3 is 2.80 bits per heavy atom. The molecule has 0 spiro atoms. The number of hydrogen-bond donors (Lipinski definition) is 0. The number of hydrogen-bond acceptors (Lipinski definition) is 3. The second-order valence-electron chi connectivity index (χ2n) is 4.52. The van der Waals surface area contributed by atoms with Crippen molar-refractivity contribution in [1.82, 2.24) is 4.90 Å². The molecule has 0 aromatic rings. The van der Waals surface area contributed by atoms with Crippen LogP contribution in [0.2, 0.25) is 0 Å². The van der Waals surface area contributed by atoms with Gasteiger partial charge in [-0.3, -0.25) is 4.90 Å². The molecule has 0 amide bonds. The fraction of sp³-hybridized carbons (Fsp3) is 0.750. The first-order chi connectivity index (χ1) is 7.06. The smallest absolute Gasteiger partial charge is 0.330 e. The summed E-state index contributed by atoms with van der Waals surface area (Å²) < 4.78 is 4.81. The van der Waals surface area contributed by atoms with Crippen LogP contribution in [0.3, 0.4) is 0 Å². The highest BCUT2D eigenvalue weighted by atomic mass is 16.5. The van der Waals surface area contributed by atoms with Gasteiger partial charge in [0, 0.05) is 18.2 Å². The van der Waals surface area contributed by atoms with E-state index in [1.54, 1.807) is 0 Å². The predicted molar refractivity (Wildman–Crippen MR) is 60.7 cm³/mol. The van der Waals surface area contributed by atoms with Gasteiger partial charge in [0.1, 0.15) is 0 Å². The zero-order valence-corrected chi connectivity index (χ0v) is 9.95. The lowest BCUT2D eigenvalue weighted by atomic mass is 10.0. The van der Waals surface area contributed by atoms with Gasteiger partial charge in [0.05, 0.1) is 6.61 Å². The molecule has 0 N–H and O–H groups in total. The van der Waals surface area contributed by atoms with E-state index in [0.29, 0.717) is 6.61 Å². The van der Waals surface area contributed by atoms with Gasteiger partial charge in [-0.05, 0) is 40.2 Å². The summed E-state index contributed by atoms with van der Waals surface area (Å²) in [4.78, 5) is 13.4. The van der Waals surface area contributed by atoms with Gasteiger partial charge in [0.25, 0.3) is 0 Å². The molecule has 86 valence electrons. The zero-order valence-electron chi connectivity index (χ0n) is 9.95. The van der Waals surface area contributed by atoms with Gasteiger partial charge >= 0.3 is 5.97 Å². The number of esters is 1. The Balaban J connectivity index is 2.33. The average Bonchev–Trinajstić information content (AvgIpc) is 2.46. The van der Waals surface area contributed by atoms with E-state index in [9.17, 15) is 4.79 Å². The van der Waals surface area contributed by atoms with Gasteiger partial charge in [0.15, 0.2) is 0 Å². The van der Waals surface area contributed by atoms with E-state index in [0.717, 1.165) is 13.1 Å². The second-order valence-corrected chi connectivity index (χ2v) is 4.52. The van der Waals surface area contributed by atoms with Crippen LogP contribution in [0.25, 0.3) is 0 Å². The largest absolute Gasteiger partial charge is 0.463 e. The lowest BCUT2D eigenvalue weighted by Crippen LogP contribution is -2.38. The molecule has 1 heterocycles. The molecule has 0 aliphatic carbocycles. The van der Waals surface area contributed by atoms with Gasteiger partial charge in [-0.25, -0.2) is 4.79 Å². The van der Waals surface area contributed by atoms with Crippen LogP contribution in [0, 0.1) is 0 Å². The normalized spacial score (nSPS) is 21.0. The maximum absolute atomic E-state index is 11.1. The molecule has 1 aliphatic rings. The highest BCUT2D eigenvalue weighted by Gasteiger charge is 2.30. The first-order valence-electron chi connectivity index (χ1n) is 5.64. The zero-order chi connectivity index (χ0) is 11.3. The molecular formula is C12H21NO2. The second kappa shape index (κ2) is 5.31. The SMILES string of the molecule is CCOC(=O)/C=C/CN1CCCC1(C)C. The molecule has 3 nitrogen and oxygen atoms in total. The Kier molecular flexibility index (Phi) is 4.33. The van der Waals surface area contributed by atoms with Crippen molar-refractivity contribution in [2.24, 2.45) is 0 Å². The molecule has 0 aromatic heterocycles. The summed E-state index contributed by atoms with van der Waals surface area (Å²) >= 11 is 0. The number of carbonyl (C=O) groups is 1. The molecule has 0 aromatic carbocycles. The Hall–Kier alpha value is -0.830. The van der Waals surface area contributed by atoms with E-state index in [-0.39, 0.29) is 11.5 Å². The fourth-order valence-electron chi connectivity index (χ4n) is 1.97. The van der Waals surface area contributed by atoms with Gasteiger partial charge < -0.3 is 4.74 Å². The number of nitrogens with zero attached hydrogens (tertiary/aromatic N) is 1. The summed E-state index contributed by atoms with van der Waals surface area (Å²) in [6.45, 7) is 8.72. The van der Waals surface area contributed by atoms with Gasteiger partial charge in [-0.15, -0.1) is 0 Å². The summed E-state index contributed by atoms with van der Waals surface area (Å²) in [5.41, 5.74) is 0.277. The molecule has 0 radical (unpaired) electrons. The fourth-order valence-corrected chi connectivity index (χ4v) is 1.97. The number of rotatable bonds is 4. The summed E-state index contributed by atoms with van der Waals surface area (Å²) in [6.07, 6.45) is 5.91. The van der Waals surface area contributed by atoms with Crippen LogP contribution in [-0.4, -0.2) is 36.1 Å². The first kappa shape index (κ1) is 12.2. The van der Waals surface area contributed by atoms with Crippen molar-refractivity contribution in [3.63, 3.8) is 0 Å². The molecule has 3 heteroatoms. The van der Waals surface area contributed by atoms with Crippen LogP contribution >= 0.6 is 0 Å². The van der Waals surface area contributed by atoms with E-state index in [2.05, 4.69) is 18.7 Å². The van der Waals surface area contributed by atoms with Crippen molar-refractivity contribution >= 4 is 5.97 Å². The average molecular weight is 211 g/mol. The summed E-state index contributed by atoms with van der Waals surface area (Å²) in [6, 6.07) is 0. The summed E-state index contributed by atoms with van der Waals surface area (Å²) in [5.74, 6) is -0.241. The lowest BCUT2D eigenvalue weighted by Gasteiger charge is -2.30. The Bertz CT molecular complexity index is 246. The topological polar surface area (TPSA) is 29.5 Å². The van der Waals surface area contributed by atoms with Gasteiger partial charge in [-0.2, -0.15) is 0 Å². The van der Waals surface area contributed by atoms with E-state index >= 15 is 0 Å². The minimum Gasteiger partial charge on any atom is -0.463 e. The summed E-state index contributed by atoms with van der Waals surface area (Å²) in [7, 11) is 0. The van der Waals surface area contributed by atoms with Crippen molar-refractivity contribution in [2.45, 2.75) is 39.2 Å². The molecule has 0 bridgehead atoms. The third-order valence-electron chi connectivity index (χ3n) is 2.94. The standard InChI is InChI=1S/C12H21NO2/c1-4-15-11(14)7-5-9-13-10-6-8-12(13,2)3/h5,7H,4,6,8-10H2,1-3H3/b7-5+. The van der Waals surface area contributed by atoms with Crippen molar-refractivity contribution in [2.75, 3.05) is 19.7 Å². The highest BCUT2D eigenvalue weighted by molar-refractivity contribution is 5.81. The van der Waals surface area contributed by atoms with Crippen LogP contribution in [0.15, 0.2) is 12.2 Å². The highest BCUT2D eigenvalue weighted by Crippen LogP contribution is 2.27. The number of ether oxygens (including phenoxy) is 1. The van der Waals surface area contributed by atoms with Crippen LogP contribution < -0.4 is 0 Å². The van der Waals surface area contributed by atoms with E-state index in [1.807, 2.05) is 13.0 Å². The van der Waals surface area contributed by atoms with E-state index < -0.39 is 0 Å².